The first kappa shape index (κ1) is 21.6. The van der Waals surface area contributed by atoms with Crippen molar-refractivity contribution in [1.82, 2.24) is 9.80 Å². The maximum atomic E-state index is 13.3. The van der Waals surface area contributed by atoms with Gasteiger partial charge in [0.15, 0.2) is 0 Å². The second kappa shape index (κ2) is 10.6. The summed E-state index contributed by atoms with van der Waals surface area (Å²) in [5, 5.41) is 0. The molecule has 160 valence electrons. The van der Waals surface area contributed by atoms with E-state index in [-0.39, 0.29) is 30.6 Å². The molecule has 7 heteroatoms. The van der Waals surface area contributed by atoms with Crippen LogP contribution >= 0.6 is 0 Å². The molecule has 2 aliphatic heterocycles. The van der Waals surface area contributed by atoms with Crippen LogP contribution in [0.25, 0.3) is 0 Å². The minimum Gasteiger partial charge on any atom is -0.489 e. The molecule has 1 aromatic rings. The number of nitrogens with zero attached hydrogens (tertiary/aromatic N) is 2. The van der Waals surface area contributed by atoms with Gasteiger partial charge in [0.1, 0.15) is 18.5 Å². The summed E-state index contributed by atoms with van der Waals surface area (Å²) in [6.45, 7) is 2.71. The molecular formula is C22H32N2O5. The van der Waals surface area contributed by atoms with Gasteiger partial charge in [0.05, 0.1) is 18.2 Å². The van der Waals surface area contributed by atoms with Gasteiger partial charge >= 0.3 is 0 Å². The first-order chi connectivity index (χ1) is 14.1. The number of piperidine rings is 2. The van der Waals surface area contributed by atoms with Gasteiger partial charge in [0, 0.05) is 46.7 Å². The Morgan fingerprint density at radius 2 is 1.76 bits per heavy atom. The fraction of sp³-hybridized carbons (Fsp3) is 0.636. The number of carbonyl (C=O) groups excluding carboxylic acids is 2. The number of hydrogen-bond acceptors (Lipinski definition) is 5. The maximum absolute atomic E-state index is 13.3. The molecule has 2 aliphatic rings. The van der Waals surface area contributed by atoms with Crippen molar-refractivity contribution in [3.05, 3.63) is 29.8 Å². The predicted molar refractivity (Wildman–Crippen MR) is 109 cm³/mol. The Balaban J connectivity index is 1.65. The van der Waals surface area contributed by atoms with E-state index in [0.29, 0.717) is 31.0 Å². The Hall–Kier alpha value is -2.12. The molecule has 2 saturated heterocycles. The zero-order valence-electron chi connectivity index (χ0n) is 17.5. The number of benzene rings is 1. The number of para-hydroxylation sites is 1. The van der Waals surface area contributed by atoms with Gasteiger partial charge < -0.3 is 24.0 Å². The third-order valence-corrected chi connectivity index (χ3v) is 5.72. The zero-order chi connectivity index (χ0) is 20.6. The fourth-order valence-corrected chi connectivity index (χ4v) is 4.15. The molecule has 2 amide bonds. The highest BCUT2D eigenvalue weighted by Crippen LogP contribution is 2.27. The van der Waals surface area contributed by atoms with Gasteiger partial charge in [0.2, 0.25) is 5.91 Å². The topological polar surface area (TPSA) is 68.3 Å². The van der Waals surface area contributed by atoms with Crippen LogP contribution in [-0.2, 0) is 14.3 Å². The number of likely N-dealkylation sites (tertiary alicyclic amines) is 2. The minimum atomic E-state index is -0.00771. The maximum Gasteiger partial charge on any atom is 0.257 e. The van der Waals surface area contributed by atoms with Crippen LogP contribution in [0.15, 0.2) is 24.3 Å². The molecular weight excluding hydrogens is 372 g/mol. The molecule has 0 radical (unpaired) electrons. The van der Waals surface area contributed by atoms with E-state index in [1.165, 1.54) is 7.11 Å². The van der Waals surface area contributed by atoms with Gasteiger partial charge in [-0.05, 0) is 31.4 Å². The Labute approximate surface area is 172 Å². The second-order valence-electron chi connectivity index (χ2n) is 7.73. The van der Waals surface area contributed by atoms with Crippen molar-refractivity contribution < 1.29 is 23.8 Å². The molecule has 0 saturated carbocycles. The molecule has 0 unspecified atom stereocenters. The monoisotopic (exact) mass is 404 g/mol. The van der Waals surface area contributed by atoms with E-state index in [1.807, 2.05) is 34.1 Å². The van der Waals surface area contributed by atoms with Crippen LogP contribution in [0.3, 0.4) is 0 Å². The third kappa shape index (κ3) is 5.48. The van der Waals surface area contributed by atoms with Crippen LogP contribution in [0, 0.1) is 0 Å². The summed E-state index contributed by atoms with van der Waals surface area (Å²) in [5.41, 5.74) is 0.605. The molecule has 0 aromatic heterocycles. The summed E-state index contributed by atoms with van der Waals surface area (Å²) >= 11 is 0. The number of carbonyl (C=O) groups is 2. The van der Waals surface area contributed by atoms with Crippen molar-refractivity contribution in [1.29, 1.82) is 0 Å². The molecule has 0 N–H and O–H groups in total. The Kier molecular flexibility index (Phi) is 7.89. The highest BCUT2D eigenvalue weighted by molar-refractivity contribution is 5.97. The minimum absolute atomic E-state index is 0.00771. The highest BCUT2D eigenvalue weighted by atomic mass is 16.5. The van der Waals surface area contributed by atoms with Gasteiger partial charge in [0.25, 0.3) is 5.91 Å². The molecule has 2 fully saturated rings. The normalized spacial score (nSPS) is 20.6. The van der Waals surface area contributed by atoms with Crippen molar-refractivity contribution in [3.8, 4) is 5.75 Å². The SMILES string of the molecule is COCC(=O)N1CCC(Oc2ccccc2C(=O)N2CCCC[C@H]2COC)CC1. The number of amides is 2. The van der Waals surface area contributed by atoms with E-state index in [2.05, 4.69) is 0 Å². The molecule has 0 aliphatic carbocycles. The summed E-state index contributed by atoms with van der Waals surface area (Å²) in [5.74, 6) is 0.645. The lowest BCUT2D eigenvalue weighted by Crippen LogP contribution is -2.46. The average Bonchev–Trinajstić information content (AvgIpc) is 2.75. The number of hydrogen-bond donors (Lipinski definition) is 0. The number of methoxy groups -OCH3 is 2. The first-order valence-electron chi connectivity index (χ1n) is 10.5. The smallest absolute Gasteiger partial charge is 0.257 e. The van der Waals surface area contributed by atoms with E-state index in [0.717, 1.165) is 38.6 Å². The molecule has 3 rings (SSSR count). The number of ether oxygens (including phenoxy) is 3. The summed E-state index contributed by atoms with van der Waals surface area (Å²) in [4.78, 5) is 29.0. The average molecular weight is 405 g/mol. The number of rotatable bonds is 7. The Morgan fingerprint density at radius 1 is 1.00 bits per heavy atom. The van der Waals surface area contributed by atoms with Crippen molar-refractivity contribution in [3.63, 3.8) is 0 Å². The van der Waals surface area contributed by atoms with Gasteiger partial charge in [-0.3, -0.25) is 9.59 Å². The standard InChI is InChI=1S/C22H32N2O5/c1-27-15-17-7-5-6-12-24(17)22(26)19-8-3-4-9-20(19)29-18-10-13-23(14-11-18)21(25)16-28-2/h3-4,8-9,17-18H,5-7,10-16H2,1-2H3/t17-/m0/s1. The summed E-state index contributed by atoms with van der Waals surface area (Å²) in [7, 11) is 3.21. The molecule has 0 bridgehead atoms. The highest BCUT2D eigenvalue weighted by Gasteiger charge is 2.30. The lowest BCUT2D eigenvalue weighted by molar-refractivity contribution is -0.136. The lowest BCUT2D eigenvalue weighted by Gasteiger charge is -2.36. The van der Waals surface area contributed by atoms with Crippen LogP contribution in [0.5, 0.6) is 5.75 Å². The molecule has 1 aromatic carbocycles. The fourth-order valence-electron chi connectivity index (χ4n) is 4.15. The van der Waals surface area contributed by atoms with Gasteiger partial charge in [-0.25, -0.2) is 0 Å². The van der Waals surface area contributed by atoms with Crippen LogP contribution in [0.4, 0.5) is 0 Å². The lowest BCUT2D eigenvalue weighted by atomic mass is 10.0. The quantitative estimate of drug-likeness (QED) is 0.698. The predicted octanol–water partition coefficient (Wildman–Crippen LogP) is 2.34. The van der Waals surface area contributed by atoms with Crippen LogP contribution in [0.1, 0.15) is 42.5 Å². The van der Waals surface area contributed by atoms with Crippen LogP contribution < -0.4 is 4.74 Å². The third-order valence-electron chi connectivity index (χ3n) is 5.72. The van der Waals surface area contributed by atoms with Gasteiger partial charge in [-0.1, -0.05) is 12.1 Å². The zero-order valence-corrected chi connectivity index (χ0v) is 17.5. The summed E-state index contributed by atoms with van der Waals surface area (Å²) in [6.07, 6.45) is 4.59. The van der Waals surface area contributed by atoms with Crippen molar-refractivity contribution in [2.24, 2.45) is 0 Å². The Bertz CT molecular complexity index is 686. The molecule has 7 nitrogen and oxygen atoms in total. The van der Waals surface area contributed by atoms with Crippen molar-refractivity contribution in [2.75, 3.05) is 47.1 Å². The van der Waals surface area contributed by atoms with Gasteiger partial charge in [-0.15, -0.1) is 0 Å². The summed E-state index contributed by atoms with van der Waals surface area (Å²) < 4.78 is 16.5. The second-order valence-corrected chi connectivity index (χ2v) is 7.73. The first-order valence-corrected chi connectivity index (χ1v) is 10.5. The van der Waals surface area contributed by atoms with E-state index in [9.17, 15) is 9.59 Å². The van der Waals surface area contributed by atoms with E-state index in [1.54, 1.807) is 7.11 Å². The van der Waals surface area contributed by atoms with E-state index >= 15 is 0 Å². The van der Waals surface area contributed by atoms with E-state index < -0.39 is 0 Å². The Morgan fingerprint density at radius 3 is 2.48 bits per heavy atom. The van der Waals surface area contributed by atoms with Crippen LogP contribution in [0.2, 0.25) is 0 Å². The molecule has 2 heterocycles. The van der Waals surface area contributed by atoms with Gasteiger partial charge in [-0.2, -0.15) is 0 Å². The van der Waals surface area contributed by atoms with Crippen molar-refractivity contribution in [2.45, 2.75) is 44.2 Å². The van der Waals surface area contributed by atoms with Crippen LogP contribution in [-0.4, -0.2) is 80.8 Å². The van der Waals surface area contributed by atoms with Crippen molar-refractivity contribution >= 4 is 11.8 Å². The molecule has 1 atom stereocenters. The summed E-state index contributed by atoms with van der Waals surface area (Å²) in [6, 6.07) is 7.59. The molecule has 29 heavy (non-hydrogen) atoms. The van der Waals surface area contributed by atoms with E-state index in [4.69, 9.17) is 14.2 Å². The molecule has 0 spiro atoms. The largest absolute Gasteiger partial charge is 0.489 e.